The van der Waals surface area contributed by atoms with Gasteiger partial charge in [-0.15, -0.1) is 0 Å². The standard InChI is InChI=1S/C11H16ClN3OS/c1-17-8-4-2-7(3-5-8)15-10-9(12)11(16)14-6-13-10/h6-8H,2-5H2,1H3,(H2,13,14,15,16). The van der Waals surface area contributed by atoms with Crippen LogP contribution in [-0.2, 0) is 0 Å². The molecule has 0 aliphatic heterocycles. The van der Waals surface area contributed by atoms with E-state index in [2.05, 4.69) is 21.5 Å². The van der Waals surface area contributed by atoms with Crippen LogP contribution < -0.4 is 10.9 Å². The van der Waals surface area contributed by atoms with Crippen molar-refractivity contribution in [3.05, 3.63) is 21.7 Å². The number of hydrogen-bond acceptors (Lipinski definition) is 4. The SMILES string of the molecule is CSC1CCC(Nc2nc[nH]c(=O)c2Cl)CC1. The summed E-state index contributed by atoms with van der Waals surface area (Å²) in [6, 6.07) is 0.380. The van der Waals surface area contributed by atoms with Gasteiger partial charge in [-0.2, -0.15) is 11.8 Å². The fourth-order valence-corrected chi connectivity index (χ4v) is 3.02. The maximum absolute atomic E-state index is 11.3. The highest BCUT2D eigenvalue weighted by atomic mass is 35.5. The van der Waals surface area contributed by atoms with Crippen LogP contribution in [0.25, 0.3) is 0 Å². The first-order valence-corrected chi connectivity index (χ1v) is 7.40. The second-order valence-corrected chi connectivity index (χ2v) is 5.76. The summed E-state index contributed by atoms with van der Waals surface area (Å²) in [5, 5.41) is 4.19. The Bertz CT molecular complexity index is 429. The Balaban J connectivity index is 1.98. The third-order valence-electron chi connectivity index (χ3n) is 3.14. The zero-order chi connectivity index (χ0) is 12.3. The maximum atomic E-state index is 11.3. The Kier molecular flexibility index (Phi) is 4.34. The smallest absolute Gasteiger partial charge is 0.271 e. The summed E-state index contributed by atoms with van der Waals surface area (Å²) >= 11 is 7.83. The summed E-state index contributed by atoms with van der Waals surface area (Å²) in [4.78, 5) is 17.8. The zero-order valence-electron chi connectivity index (χ0n) is 9.70. The molecule has 94 valence electrons. The van der Waals surface area contributed by atoms with Gasteiger partial charge in [0.25, 0.3) is 5.56 Å². The summed E-state index contributed by atoms with van der Waals surface area (Å²) in [6.45, 7) is 0. The number of nitrogens with one attached hydrogen (secondary N) is 2. The normalized spacial score (nSPS) is 24.6. The van der Waals surface area contributed by atoms with Crippen LogP contribution in [0.3, 0.4) is 0 Å². The predicted molar refractivity (Wildman–Crippen MR) is 73.0 cm³/mol. The van der Waals surface area contributed by atoms with E-state index in [4.69, 9.17) is 11.6 Å². The lowest BCUT2D eigenvalue weighted by atomic mass is 9.95. The van der Waals surface area contributed by atoms with E-state index in [1.807, 2.05) is 11.8 Å². The van der Waals surface area contributed by atoms with Gasteiger partial charge in [0.2, 0.25) is 0 Å². The zero-order valence-corrected chi connectivity index (χ0v) is 11.3. The minimum absolute atomic E-state index is 0.152. The monoisotopic (exact) mass is 273 g/mol. The number of anilines is 1. The van der Waals surface area contributed by atoms with Gasteiger partial charge in [-0.25, -0.2) is 4.98 Å². The molecular formula is C11H16ClN3OS. The fourth-order valence-electron chi connectivity index (χ4n) is 2.12. The van der Waals surface area contributed by atoms with E-state index < -0.39 is 0 Å². The molecule has 0 aromatic carbocycles. The minimum atomic E-state index is -0.290. The quantitative estimate of drug-likeness (QED) is 0.888. The summed E-state index contributed by atoms with van der Waals surface area (Å²) in [6.07, 6.45) is 8.17. The van der Waals surface area contributed by atoms with E-state index in [1.165, 1.54) is 19.2 Å². The Morgan fingerprint density at radius 2 is 2.18 bits per heavy atom. The van der Waals surface area contributed by atoms with Crippen molar-refractivity contribution in [2.75, 3.05) is 11.6 Å². The number of rotatable bonds is 3. The molecule has 1 saturated carbocycles. The molecule has 4 nitrogen and oxygen atoms in total. The highest BCUT2D eigenvalue weighted by Crippen LogP contribution is 2.28. The van der Waals surface area contributed by atoms with Gasteiger partial charge in [0.1, 0.15) is 5.02 Å². The van der Waals surface area contributed by atoms with Crippen molar-refractivity contribution < 1.29 is 0 Å². The van der Waals surface area contributed by atoms with Crippen LogP contribution in [0.15, 0.2) is 11.1 Å². The molecule has 1 heterocycles. The van der Waals surface area contributed by atoms with Crippen LogP contribution in [0.5, 0.6) is 0 Å². The predicted octanol–water partition coefficient (Wildman–Crippen LogP) is 2.51. The molecule has 0 radical (unpaired) electrons. The average molecular weight is 274 g/mol. The van der Waals surface area contributed by atoms with Gasteiger partial charge >= 0.3 is 0 Å². The summed E-state index contributed by atoms with van der Waals surface area (Å²) in [5.74, 6) is 0.503. The molecule has 2 rings (SSSR count). The second kappa shape index (κ2) is 5.78. The van der Waals surface area contributed by atoms with Crippen molar-refractivity contribution in [3.63, 3.8) is 0 Å². The molecule has 0 spiro atoms. The largest absolute Gasteiger partial charge is 0.366 e. The van der Waals surface area contributed by atoms with Crippen LogP contribution in [0.4, 0.5) is 5.82 Å². The number of halogens is 1. The van der Waals surface area contributed by atoms with E-state index in [-0.39, 0.29) is 10.6 Å². The Hall–Kier alpha value is -0.680. The van der Waals surface area contributed by atoms with Crippen molar-refractivity contribution in [2.24, 2.45) is 0 Å². The van der Waals surface area contributed by atoms with Crippen LogP contribution in [-0.4, -0.2) is 27.5 Å². The second-order valence-electron chi connectivity index (χ2n) is 4.25. The Morgan fingerprint density at radius 3 is 2.82 bits per heavy atom. The van der Waals surface area contributed by atoms with Crippen molar-refractivity contribution >= 4 is 29.2 Å². The molecule has 0 atom stereocenters. The van der Waals surface area contributed by atoms with E-state index in [0.29, 0.717) is 11.9 Å². The van der Waals surface area contributed by atoms with Crippen LogP contribution in [0.1, 0.15) is 25.7 Å². The lowest BCUT2D eigenvalue weighted by Gasteiger charge is -2.28. The van der Waals surface area contributed by atoms with Gasteiger partial charge in [-0.1, -0.05) is 11.6 Å². The fraction of sp³-hybridized carbons (Fsp3) is 0.636. The molecule has 0 unspecified atom stereocenters. The van der Waals surface area contributed by atoms with Gasteiger partial charge in [-0.05, 0) is 31.9 Å². The molecule has 0 amide bonds. The molecule has 0 bridgehead atoms. The van der Waals surface area contributed by atoms with Gasteiger partial charge in [-0.3, -0.25) is 4.79 Å². The van der Waals surface area contributed by atoms with Crippen molar-refractivity contribution in [1.82, 2.24) is 9.97 Å². The van der Waals surface area contributed by atoms with E-state index in [9.17, 15) is 4.79 Å². The highest BCUT2D eigenvalue weighted by molar-refractivity contribution is 7.99. The van der Waals surface area contributed by atoms with Crippen LogP contribution >= 0.6 is 23.4 Å². The van der Waals surface area contributed by atoms with Gasteiger partial charge in [0.05, 0.1) is 6.33 Å². The summed E-state index contributed by atoms with van der Waals surface area (Å²) in [5.41, 5.74) is -0.290. The molecule has 6 heteroatoms. The average Bonchev–Trinajstić information content (AvgIpc) is 2.36. The van der Waals surface area contributed by atoms with E-state index in [0.717, 1.165) is 18.1 Å². The molecule has 1 aliphatic rings. The number of aromatic amines is 1. The lowest BCUT2D eigenvalue weighted by Crippen LogP contribution is -2.28. The molecule has 1 aromatic rings. The molecular weight excluding hydrogens is 258 g/mol. The summed E-state index contributed by atoms with van der Waals surface area (Å²) in [7, 11) is 0. The van der Waals surface area contributed by atoms with Crippen molar-refractivity contribution in [3.8, 4) is 0 Å². The molecule has 1 aliphatic carbocycles. The first kappa shape index (κ1) is 12.8. The topological polar surface area (TPSA) is 57.8 Å². The van der Waals surface area contributed by atoms with E-state index in [1.54, 1.807) is 0 Å². The molecule has 1 fully saturated rings. The van der Waals surface area contributed by atoms with Crippen LogP contribution in [0, 0.1) is 0 Å². The number of thioether (sulfide) groups is 1. The van der Waals surface area contributed by atoms with E-state index >= 15 is 0 Å². The maximum Gasteiger partial charge on any atom is 0.271 e. The molecule has 17 heavy (non-hydrogen) atoms. The first-order chi connectivity index (χ1) is 8.20. The number of aromatic nitrogens is 2. The van der Waals surface area contributed by atoms with Crippen molar-refractivity contribution in [1.29, 1.82) is 0 Å². The van der Waals surface area contributed by atoms with Gasteiger partial charge in [0.15, 0.2) is 5.82 Å². The Morgan fingerprint density at radius 1 is 1.47 bits per heavy atom. The Labute approximate surface area is 110 Å². The minimum Gasteiger partial charge on any atom is -0.366 e. The number of nitrogens with zero attached hydrogens (tertiary/aromatic N) is 1. The lowest BCUT2D eigenvalue weighted by molar-refractivity contribution is 0.472. The highest BCUT2D eigenvalue weighted by Gasteiger charge is 2.21. The molecule has 2 N–H and O–H groups in total. The number of hydrogen-bond donors (Lipinski definition) is 2. The third kappa shape index (κ3) is 3.16. The molecule has 0 saturated heterocycles. The third-order valence-corrected chi connectivity index (χ3v) is 4.63. The summed E-state index contributed by atoms with van der Waals surface area (Å²) < 4.78 is 0. The van der Waals surface area contributed by atoms with Crippen molar-refractivity contribution in [2.45, 2.75) is 37.0 Å². The number of H-pyrrole nitrogens is 1. The molecule has 1 aromatic heterocycles. The van der Waals surface area contributed by atoms with Crippen LogP contribution in [0.2, 0.25) is 5.02 Å². The van der Waals surface area contributed by atoms with Gasteiger partial charge in [0, 0.05) is 11.3 Å². The first-order valence-electron chi connectivity index (χ1n) is 5.73. The van der Waals surface area contributed by atoms with Gasteiger partial charge < -0.3 is 10.3 Å².